The fourth-order valence-corrected chi connectivity index (χ4v) is 3.46. The van der Waals surface area contributed by atoms with Gasteiger partial charge in [-0.05, 0) is 30.7 Å². The van der Waals surface area contributed by atoms with Crippen LogP contribution in [0.5, 0.6) is 0 Å². The smallest absolute Gasteiger partial charge is 0.328 e. The predicted molar refractivity (Wildman–Crippen MR) is 75.6 cm³/mol. The Morgan fingerprint density at radius 3 is 2.90 bits per heavy atom. The standard InChI is InChI=1S/C14H14N2O3S/c1-8-2-3-11-9(6-8)10(7-15)14(20-11)16-12(17)4-5-13(18)19/h4-5,8H,2-3,6H2,1H3,(H,16,17)(H,18,19)/b5-4+/t8-/m1/s1. The quantitative estimate of drug-likeness (QED) is 0.836. The number of hydrogen-bond donors (Lipinski definition) is 2. The maximum absolute atomic E-state index is 11.6. The second-order valence-corrected chi connectivity index (χ2v) is 5.93. The van der Waals surface area contributed by atoms with Gasteiger partial charge in [-0.2, -0.15) is 5.26 Å². The van der Waals surface area contributed by atoms with Gasteiger partial charge >= 0.3 is 5.97 Å². The molecular weight excluding hydrogens is 276 g/mol. The number of aryl methyl sites for hydroxylation is 1. The SMILES string of the molecule is C[C@@H]1CCc2sc(NC(=O)/C=C/C(=O)O)c(C#N)c2C1. The zero-order chi connectivity index (χ0) is 14.7. The molecule has 0 bridgehead atoms. The first-order chi connectivity index (χ1) is 9.51. The predicted octanol–water partition coefficient (Wildman–Crippen LogP) is 2.32. The minimum Gasteiger partial charge on any atom is -0.478 e. The molecule has 1 aromatic rings. The molecular formula is C14H14N2O3S. The number of amides is 1. The molecule has 20 heavy (non-hydrogen) atoms. The Morgan fingerprint density at radius 2 is 2.25 bits per heavy atom. The van der Waals surface area contributed by atoms with Crippen molar-refractivity contribution in [1.29, 1.82) is 5.26 Å². The van der Waals surface area contributed by atoms with Crippen LogP contribution in [0.2, 0.25) is 0 Å². The molecule has 0 spiro atoms. The summed E-state index contributed by atoms with van der Waals surface area (Å²) in [5.41, 5.74) is 1.56. The van der Waals surface area contributed by atoms with Gasteiger partial charge in [0.2, 0.25) is 5.91 Å². The zero-order valence-corrected chi connectivity index (χ0v) is 11.8. The Labute approximate surface area is 120 Å². The van der Waals surface area contributed by atoms with Gasteiger partial charge in [-0.1, -0.05) is 6.92 Å². The molecule has 0 radical (unpaired) electrons. The van der Waals surface area contributed by atoms with Crippen molar-refractivity contribution in [2.24, 2.45) is 5.92 Å². The first-order valence-corrected chi connectivity index (χ1v) is 7.09. The minimum atomic E-state index is -1.18. The molecule has 1 aromatic heterocycles. The summed E-state index contributed by atoms with van der Waals surface area (Å²) < 4.78 is 0. The average molecular weight is 290 g/mol. The third kappa shape index (κ3) is 3.06. The van der Waals surface area contributed by atoms with Crippen LogP contribution in [0.4, 0.5) is 5.00 Å². The molecule has 2 N–H and O–H groups in total. The lowest BCUT2D eigenvalue weighted by Crippen LogP contribution is -2.10. The monoisotopic (exact) mass is 290 g/mol. The molecule has 0 fully saturated rings. The number of carbonyl (C=O) groups excluding carboxylic acids is 1. The molecule has 0 unspecified atom stereocenters. The van der Waals surface area contributed by atoms with Gasteiger partial charge in [0.05, 0.1) is 5.56 Å². The highest BCUT2D eigenvalue weighted by molar-refractivity contribution is 7.16. The second-order valence-electron chi connectivity index (χ2n) is 4.83. The first kappa shape index (κ1) is 14.3. The van der Waals surface area contributed by atoms with Crippen LogP contribution < -0.4 is 5.32 Å². The van der Waals surface area contributed by atoms with Crippen LogP contribution in [0.3, 0.4) is 0 Å². The van der Waals surface area contributed by atoms with E-state index >= 15 is 0 Å². The maximum Gasteiger partial charge on any atom is 0.328 e. The van der Waals surface area contributed by atoms with Crippen LogP contribution in [0.25, 0.3) is 0 Å². The highest BCUT2D eigenvalue weighted by atomic mass is 32.1. The van der Waals surface area contributed by atoms with E-state index in [9.17, 15) is 14.9 Å². The lowest BCUT2D eigenvalue weighted by atomic mass is 9.88. The van der Waals surface area contributed by atoms with Gasteiger partial charge in [-0.15, -0.1) is 11.3 Å². The van der Waals surface area contributed by atoms with Gasteiger partial charge in [0.1, 0.15) is 11.1 Å². The van der Waals surface area contributed by atoms with E-state index in [2.05, 4.69) is 18.3 Å². The van der Waals surface area contributed by atoms with Crippen LogP contribution in [0.1, 0.15) is 29.3 Å². The van der Waals surface area contributed by atoms with Crippen molar-refractivity contribution in [2.75, 3.05) is 5.32 Å². The molecule has 104 valence electrons. The van der Waals surface area contributed by atoms with Crippen LogP contribution in [-0.2, 0) is 22.4 Å². The van der Waals surface area contributed by atoms with Gasteiger partial charge in [0.15, 0.2) is 0 Å². The van der Waals surface area contributed by atoms with E-state index < -0.39 is 11.9 Å². The molecule has 0 saturated heterocycles. The number of nitrogens with one attached hydrogen (secondary N) is 1. The van der Waals surface area contributed by atoms with Gasteiger partial charge in [-0.25, -0.2) is 4.79 Å². The Hall–Kier alpha value is -2.13. The van der Waals surface area contributed by atoms with Crippen molar-refractivity contribution in [3.8, 4) is 6.07 Å². The summed E-state index contributed by atoms with van der Waals surface area (Å²) in [5, 5.41) is 20.9. The molecule has 1 atom stereocenters. The van der Waals surface area contributed by atoms with Crippen LogP contribution >= 0.6 is 11.3 Å². The Balaban J connectivity index is 2.23. The van der Waals surface area contributed by atoms with Crippen molar-refractivity contribution < 1.29 is 14.7 Å². The van der Waals surface area contributed by atoms with Crippen molar-refractivity contribution in [2.45, 2.75) is 26.2 Å². The number of anilines is 1. The normalized spacial score (nSPS) is 17.5. The fourth-order valence-electron chi connectivity index (χ4n) is 2.26. The number of hydrogen-bond acceptors (Lipinski definition) is 4. The second kappa shape index (κ2) is 5.88. The molecule has 2 rings (SSSR count). The van der Waals surface area contributed by atoms with E-state index in [1.54, 1.807) is 0 Å². The van der Waals surface area contributed by atoms with Crippen molar-refractivity contribution in [1.82, 2.24) is 0 Å². The highest BCUT2D eigenvalue weighted by Gasteiger charge is 2.24. The van der Waals surface area contributed by atoms with Gasteiger partial charge in [-0.3, -0.25) is 4.79 Å². The largest absolute Gasteiger partial charge is 0.478 e. The van der Waals surface area contributed by atoms with E-state index in [1.165, 1.54) is 11.3 Å². The molecule has 0 aliphatic heterocycles. The number of aliphatic carboxylic acids is 1. The molecule has 0 saturated carbocycles. The number of nitrogens with zero attached hydrogens (tertiary/aromatic N) is 1. The summed E-state index contributed by atoms with van der Waals surface area (Å²) in [4.78, 5) is 23.1. The Bertz CT molecular complexity index is 625. The summed E-state index contributed by atoms with van der Waals surface area (Å²) in [6, 6.07) is 2.15. The van der Waals surface area contributed by atoms with Crippen molar-refractivity contribution in [3.63, 3.8) is 0 Å². The number of carbonyl (C=O) groups is 2. The minimum absolute atomic E-state index is 0.520. The topological polar surface area (TPSA) is 90.2 Å². The average Bonchev–Trinajstić information content (AvgIpc) is 2.72. The van der Waals surface area contributed by atoms with Crippen molar-refractivity contribution in [3.05, 3.63) is 28.2 Å². The van der Waals surface area contributed by atoms with Gasteiger partial charge in [0, 0.05) is 17.0 Å². The van der Waals surface area contributed by atoms with Crippen LogP contribution in [0.15, 0.2) is 12.2 Å². The number of thiophene rings is 1. The number of carboxylic acids is 1. The molecule has 6 heteroatoms. The van der Waals surface area contributed by atoms with E-state index in [1.807, 2.05) is 0 Å². The van der Waals surface area contributed by atoms with Gasteiger partial charge < -0.3 is 10.4 Å². The summed E-state index contributed by atoms with van der Waals surface area (Å²) in [5.74, 6) is -1.17. The zero-order valence-electron chi connectivity index (χ0n) is 11.0. The summed E-state index contributed by atoms with van der Waals surface area (Å²) in [7, 11) is 0. The molecule has 1 amide bonds. The number of fused-ring (bicyclic) bond motifs is 1. The Kier molecular flexibility index (Phi) is 4.20. The maximum atomic E-state index is 11.6. The summed E-state index contributed by atoms with van der Waals surface area (Å²) in [6.45, 7) is 2.15. The van der Waals surface area contributed by atoms with Gasteiger partial charge in [0.25, 0.3) is 0 Å². The number of rotatable bonds is 3. The first-order valence-electron chi connectivity index (χ1n) is 6.28. The Morgan fingerprint density at radius 1 is 1.50 bits per heavy atom. The van der Waals surface area contributed by atoms with Crippen LogP contribution in [-0.4, -0.2) is 17.0 Å². The number of nitriles is 1. The van der Waals surface area contributed by atoms with Crippen molar-refractivity contribution >= 4 is 28.2 Å². The highest BCUT2D eigenvalue weighted by Crippen LogP contribution is 2.39. The fraction of sp³-hybridized carbons (Fsp3) is 0.357. The third-order valence-corrected chi connectivity index (χ3v) is 4.44. The molecule has 5 nitrogen and oxygen atoms in total. The van der Waals surface area contributed by atoms with E-state index in [-0.39, 0.29) is 0 Å². The lowest BCUT2D eigenvalue weighted by Gasteiger charge is -2.17. The third-order valence-electron chi connectivity index (χ3n) is 3.23. The summed E-state index contributed by atoms with van der Waals surface area (Å²) >= 11 is 1.42. The number of carboxylic acid groups (broad SMARTS) is 1. The van der Waals surface area contributed by atoms with E-state index in [0.717, 1.165) is 41.9 Å². The molecule has 1 aliphatic rings. The molecule has 1 aliphatic carbocycles. The van der Waals surface area contributed by atoms with E-state index in [0.29, 0.717) is 16.5 Å². The van der Waals surface area contributed by atoms with E-state index in [4.69, 9.17) is 5.11 Å². The molecule has 0 aromatic carbocycles. The van der Waals surface area contributed by atoms with Crippen LogP contribution in [0, 0.1) is 17.2 Å². The molecule has 1 heterocycles. The lowest BCUT2D eigenvalue weighted by molar-refractivity contribution is -0.131. The summed E-state index contributed by atoms with van der Waals surface area (Å²) in [6.07, 6.45) is 4.60.